The van der Waals surface area contributed by atoms with E-state index in [1.54, 1.807) is 0 Å². The molecule has 3 aromatic rings. The average molecular weight is 460 g/mol. The summed E-state index contributed by atoms with van der Waals surface area (Å²) in [5, 5.41) is 4.17. The average Bonchev–Trinajstić information content (AvgIpc) is 3.33. The van der Waals surface area contributed by atoms with Gasteiger partial charge in [-0.1, -0.05) is 59.3 Å². The van der Waals surface area contributed by atoms with Crippen LogP contribution in [0.1, 0.15) is 29.9 Å². The first-order valence-electron chi connectivity index (χ1n) is 12.3. The van der Waals surface area contributed by atoms with E-state index in [-0.39, 0.29) is 5.92 Å². The first kappa shape index (κ1) is 22.7. The van der Waals surface area contributed by atoms with E-state index in [9.17, 15) is 4.79 Å². The van der Waals surface area contributed by atoms with Gasteiger partial charge in [0.1, 0.15) is 0 Å². The molecule has 0 saturated carbocycles. The summed E-state index contributed by atoms with van der Waals surface area (Å²) in [6.07, 6.45) is 1.97. The van der Waals surface area contributed by atoms with Crippen LogP contribution in [0.25, 0.3) is 11.4 Å². The molecule has 1 aromatic heterocycles. The zero-order valence-electron chi connectivity index (χ0n) is 19.9. The number of likely N-dealkylation sites (tertiary alicyclic amines) is 1. The van der Waals surface area contributed by atoms with E-state index in [2.05, 4.69) is 74.2 Å². The number of rotatable bonds is 6. The summed E-state index contributed by atoms with van der Waals surface area (Å²) < 4.78 is 5.53. The Kier molecular flexibility index (Phi) is 7.02. The number of carbonyl (C=O) groups excluding carboxylic acids is 1. The highest BCUT2D eigenvalue weighted by atomic mass is 16.5. The molecule has 0 aliphatic carbocycles. The van der Waals surface area contributed by atoms with Gasteiger partial charge in [0.2, 0.25) is 17.6 Å². The summed E-state index contributed by atoms with van der Waals surface area (Å²) in [7, 11) is 0. The fourth-order valence-corrected chi connectivity index (χ4v) is 5.04. The lowest BCUT2D eigenvalue weighted by Gasteiger charge is -2.38. The van der Waals surface area contributed by atoms with Crippen molar-refractivity contribution in [2.75, 3.05) is 39.3 Å². The minimum absolute atomic E-state index is 0.0496. The lowest BCUT2D eigenvalue weighted by Crippen LogP contribution is -2.52. The molecule has 0 N–H and O–H groups in total. The number of aryl methyl sites for hydroxylation is 1. The van der Waals surface area contributed by atoms with E-state index in [4.69, 9.17) is 4.52 Å². The van der Waals surface area contributed by atoms with Crippen molar-refractivity contribution in [2.45, 2.75) is 32.9 Å². The smallest absolute Gasteiger partial charge is 0.241 e. The molecule has 34 heavy (non-hydrogen) atoms. The van der Waals surface area contributed by atoms with Gasteiger partial charge >= 0.3 is 0 Å². The minimum atomic E-state index is 0.0496. The third-order valence-electron chi connectivity index (χ3n) is 6.89. The van der Waals surface area contributed by atoms with E-state index in [0.29, 0.717) is 24.2 Å². The lowest BCUT2D eigenvalue weighted by molar-refractivity contribution is -0.139. The second kappa shape index (κ2) is 10.5. The molecule has 1 amide bonds. The Balaban J connectivity index is 1.12. The molecule has 7 heteroatoms. The van der Waals surface area contributed by atoms with Crippen LogP contribution in [0, 0.1) is 12.8 Å². The van der Waals surface area contributed by atoms with Gasteiger partial charge < -0.3 is 9.42 Å². The van der Waals surface area contributed by atoms with Crippen molar-refractivity contribution in [3.05, 3.63) is 71.6 Å². The zero-order chi connectivity index (χ0) is 23.3. The van der Waals surface area contributed by atoms with Crippen LogP contribution in [0.5, 0.6) is 0 Å². The number of hydrogen-bond donors (Lipinski definition) is 0. The van der Waals surface area contributed by atoms with Gasteiger partial charge in [0.25, 0.3) is 0 Å². The number of carbonyl (C=O) groups is 1. The van der Waals surface area contributed by atoms with Crippen LogP contribution in [-0.4, -0.2) is 70.0 Å². The van der Waals surface area contributed by atoms with Crippen molar-refractivity contribution < 1.29 is 9.32 Å². The summed E-state index contributed by atoms with van der Waals surface area (Å²) in [5.74, 6) is 1.58. The summed E-state index contributed by atoms with van der Waals surface area (Å²) in [5.41, 5.74) is 3.46. The van der Waals surface area contributed by atoms with Crippen LogP contribution >= 0.6 is 0 Å². The van der Waals surface area contributed by atoms with Gasteiger partial charge in [-0.3, -0.25) is 14.6 Å². The normalized spacial score (nSPS) is 19.9. The molecule has 1 unspecified atom stereocenters. The number of nitrogens with zero attached hydrogens (tertiary/aromatic N) is 5. The van der Waals surface area contributed by atoms with Crippen LogP contribution in [-0.2, 0) is 17.9 Å². The van der Waals surface area contributed by atoms with Crippen LogP contribution in [0.4, 0.5) is 0 Å². The van der Waals surface area contributed by atoms with Crippen molar-refractivity contribution in [3.63, 3.8) is 0 Å². The summed E-state index contributed by atoms with van der Waals surface area (Å²) >= 11 is 0. The molecule has 3 heterocycles. The Morgan fingerprint density at radius 2 is 1.79 bits per heavy atom. The highest BCUT2D eigenvalue weighted by Crippen LogP contribution is 2.23. The monoisotopic (exact) mass is 459 g/mol. The van der Waals surface area contributed by atoms with Gasteiger partial charge in [0.15, 0.2) is 0 Å². The van der Waals surface area contributed by atoms with Gasteiger partial charge in [-0.05, 0) is 37.9 Å². The van der Waals surface area contributed by atoms with Crippen LogP contribution in [0.15, 0.2) is 59.1 Å². The van der Waals surface area contributed by atoms with Crippen molar-refractivity contribution in [1.82, 2.24) is 24.8 Å². The van der Waals surface area contributed by atoms with Gasteiger partial charge in [-0.25, -0.2) is 0 Å². The second-order valence-electron chi connectivity index (χ2n) is 9.54. The fourth-order valence-electron chi connectivity index (χ4n) is 5.04. The van der Waals surface area contributed by atoms with E-state index >= 15 is 0 Å². The lowest BCUT2D eigenvalue weighted by atomic mass is 9.96. The Morgan fingerprint density at radius 3 is 2.59 bits per heavy atom. The fraction of sp³-hybridized carbons (Fsp3) is 0.444. The van der Waals surface area contributed by atoms with E-state index in [1.165, 1.54) is 11.1 Å². The van der Waals surface area contributed by atoms with E-state index < -0.39 is 0 Å². The topological polar surface area (TPSA) is 65.7 Å². The van der Waals surface area contributed by atoms with Crippen LogP contribution in [0.2, 0.25) is 0 Å². The Morgan fingerprint density at radius 1 is 0.971 bits per heavy atom. The second-order valence-corrected chi connectivity index (χ2v) is 9.54. The molecular weight excluding hydrogens is 426 g/mol. The van der Waals surface area contributed by atoms with Gasteiger partial charge in [-0.15, -0.1) is 0 Å². The Labute approximate surface area is 201 Å². The van der Waals surface area contributed by atoms with Gasteiger partial charge in [-0.2, -0.15) is 4.98 Å². The molecule has 2 saturated heterocycles. The number of aromatic nitrogens is 2. The van der Waals surface area contributed by atoms with Crippen molar-refractivity contribution in [1.29, 1.82) is 0 Å². The third kappa shape index (κ3) is 5.54. The molecular formula is C27H33N5O2. The SMILES string of the molecule is Cc1cccc(-c2noc(CN3CCCC(C(=O)N4CCN(Cc5ccccc5)CC4)C3)n2)c1. The third-order valence-corrected chi connectivity index (χ3v) is 6.89. The molecule has 5 rings (SSSR count). The maximum absolute atomic E-state index is 13.3. The van der Waals surface area contributed by atoms with Crippen LogP contribution < -0.4 is 0 Å². The molecule has 2 aliphatic rings. The molecule has 7 nitrogen and oxygen atoms in total. The quantitative estimate of drug-likeness (QED) is 0.561. The predicted octanol–water partition coefficient (Wildman–Crippen LogP) is 3.60. The maximum atomic E-state index is 13.3. The highest BCUT2D eigenvalue weighted by Gasteiger charge is 2.31. The standard InChI is InChI=1S/C27H33N5O2/c1-21-7-5-10-23(17-21)26-28-25(34-29-26)20-31-12-6-11-24(19-31)27(33)32-15-13-30(14-16-32)18-22-8-3-2-4-9-22/h2-5,7-10,17,24H,6,11-16,18-20H2,1H3. The first-order valence-corrected chi connectivity index (χ1v) is 12.3. The summed E-state index contributed by atoms with van der Waals surface area (Å²) in [6.45, 7) is 8.79. The molecule has 2 fully saturated rings. The number of piperazine rings is 1. The zero-order valence-corrected chi connectivity index (χ0v) is 19.9. The van der Waals surface area contributed by atoms with Gasteiger partial charge in [0, 0.05) is 44.8 Å². The van der Waals surface area contributed by atoms with Crippen molar-refractivity contribution in [3.8, 4) is 11.4 Å². The highest BCUT2D eigenvalue weighted by molar-refractivity contribution is 5.79. The molecule has 0 radical (unpaired) electrons. The number of benzene rings is 2. The number of hydrogen-bond acceptors (Lipinski definition) is 6. The largest absolute Gasteiger partial charge is 0.340 e. The number of amides is 1. The van der Waals surface area contributed by atoms with E-state index in [1.807, 2.05) is 12.1 Å². The minimum Gasteiger partial charge on any atom is -0.340 e. The predicted molar refractivity (Wildman–Crippen MR) is 131 cm³/mol. The number of piperidine rings is 1. The first-order chi connectivity index (χ1) is 16.6. The molecule has 0 spiro atoms. The molecule has 178 valence electrons. The molecule has 0 bridgehead atoms. The van der Waals surface area contributed by atoms with Crippen molar-refractivity contribution >= 4 is 5.91 Å². The Hall–Kier alpha value is -3.03. The van der Waals surface area contributed by atoms with Crippen molar-refractivity contribution in [2.24, 2.45) is 5.92 Å². The molecule has 2 aromatic carbocycles. The summed E-state index contributed by atoms with van der Waals surface area (Å²) in [6, 6.07) is 18.7. The van der Waals surface area contributed by atoms with E-state index in [0.717, 1.165) is 64.2 Å². The van der Waals surface area contributed by atoms with Gasteiger partial charge in [0.05, 0.1) is 12.5 Å². The molecule has 2 aliphatic heterocycles. The maximum Gasteiger partial charge on any atom is 0.241 e. The molecule has 1 atom stereocenters. The van der Waals surface area contributed by atoms with Crippen LogP contribution in [0.3, 0.4) is 0 Å². The summed E-state index contributed by atoms with van der Waals surface area (Å²) in [4.78, 5) is 24.7. The Bertz CT molecular complexity index is 1090.